The first-order valence-corrected chi connectivity index (χ1v) is 8.98. The number of sulfonamides is 1. The zero-order valence-corrected chi connectivity index (χ0v) is 14.4. The van der Waals surface area contributed by atoms with E-state index < -0.39 is 15.8 Å². The van der Waals surface area contributed by atoms with Crippen molar-refractivity contribution in [3.63, 3.8) is 0 Å². The summed E-state index contributed by atoms with van der Waals surface area (Å²) < 4.78 is 45.9. The summed E-state index contributed by atoms with van der Waals surface area (Å²) in [6, 6.07) is 6.57. The van der Waals surface area contributed by atoms with Gasteiger partial charge in [0.15, 0.2) is 0 Å². The lowest BCUT2D eigenvalue weighted by molar-refractivity contribution is -0.117. The first kappa shape index (κ1) is 17.2. The number of carbonyl (C=O) groups is 1. The quantitative estimate of drug-likeness (QED) is 0.900. The van der Waals surface area contributed by atoms with Crippen LogP contribution in [0.1, 0.15) is 13.8 Å². The minimum absolute atomic E-state index is 0.00702. The van der Waals surface area contributed by atoms with Crippen LogP contribution >= 0.6 is 0 Å². The van der Waals surface area contributed by atoms with Gasteiger partial charge in [0.05, 0.1) is 23.3 Å². The fourth-order valence-corrected chi connectivity index (χ4v) is 3.54. The van der Waals surface area contributed by atoms with Crippen LogP contribution in [-0.2, 0) is 14.8 Å². The maximum absolute atomic E-state index is 12.9. The number of aromatic nitrogens is 1. The topological polar surface area (TPSA) is 88.6 Å². The molecular weight excluding hydrogens is 349 g/mol. The highest BCUT2D eigenvalue weighted by molar-refractivity contribution is 7.92. The van der Waals surface area contributed by atoms with Gasteiger partial charge in [-0.2, -0.15) is 0 Å². The molecule has 2 heterocycles. The predicted molar refractivity (Wildman–Crippen MR) is 89.6 cm³/mol. The maximum Gasteiger partial charge on any atom is 0.263 e. The van der Waals surface area contributed by atoms with Gasteiger partial charge in [0.25, 0.3) is 10.0 Å². The van der Waals surface area contributed by atoms with Crippen molar-refractivity contribution in [2.45, 2.75) is 24.8 Å². The third-order valence-electron chi connectivity index (χ3n) is 3.65. The Hall–Kier alpha value is -2.68. The number of hydrogen-bond donors (Lipinski definition) is 1. The monoisotopic (exact) mass is 365 g/mol. The highest BCUT2D eigenvalue weighted by Gasteiger charge is 2.28. The number of fused-ring (bicyclic) bond motifs is 1. The van der Waals surface area contributed by atoms with E-state index in [0.29, 0.717) is 18.0 Å². The molecule has 1 unspecified atom stereocenters. The van der Waals surface area contributed by atoms with Crippen LogP contribution in [0.15, 0.2) is 41.4 Å². The van der Waals surface area contributed by atoms with Gasteiger partial charge in [-0.3, -0.25) is 9.52 Å². The van der Waals surface area contributed by atoms with Crippen LogP contribution < -0.4 is 14.4 Å². The van der Waals surface area contributed by atoms with Crippen molar-refractivity contribution in [3.05, 3.63) is 42.3 Å². The number of pyridine rings is 1. The standard InChI is InChI=1S/C16H16FN3O4S/c1-10-9-20(11(2)21)14-7-13(4-5-15(14)24-10)25(22,23)19-16-6-3-12(17)8-18-16/h3-8,10H,9H2,1-2H3,(H,18,19). The number of nitrogens with zero attached hydrogens (tertiary/aromatic N) is 2. The van der Waals surface area contributed by atoms with Crippen molar-refractivity contribution in [3.8, 4) is 5.75 Å². The van der Waals surface area contributed by atoms with Crippen LogP contribution in [0.4, 0.5) is 15.9 Å². The Morgan fingerprint density at radius 1 is 1.36 bits per heavy atom. The number of carbonyl (C=O) groups excluding carboxylic acids is 1. The average Bonchev–Trinajstić information content (AvgIpc) is 2.55. The summed E-state index contributed by atoms with van der Waals surface area (Å²) in [5, 5.41) is 0. The van der Waals surface area contributed by atoms with Gasteiger partial charge in [0.2, 0.25) is 5.91 Å². The molecule has 0 saturated carbocycles. The molecule has 9 heteroatoms. The fraction of sp³-hybridized carbons (Fsp3) is 0.250. The summed E-state index contributed by atoms with van der Waals surface area (Å²) in [5.41, 5.74) is 0.389. The summed E-state index contributed by atoms with van der Waals surface area (Å²) in [4.78, 5) is 16.9. The Morgan fingerprint density at radius 3 is 2.76 bits per heavy atom. The van der Waals surface area contributed by atoms with Crippen molar-refractivity contribution >= 4 is 27.4 Å². The molecule has 1 aliphatic rings. The van der Waals surface area contributed by atoms with Gasteiger partial charge in [-0.15, -0.1) is 0 Å². The van der Waals surface area contributed by atoms with Crippen LogP contribution in [0, 0.1) is 5.82 Å². The molecule has 3 rings (SSSR count). The van der Waals surface area contributed by atoms with Gasteiger partial charge in [-0.05, 0) is 37.3 Å². The van der Waals surface area contributed by atoms with Gasteiger partial charge in [-0.1, -0.05) is 0 Å². The van der Waals surface area contributed by atoms with Gasteiger partial charge in [-0.25, -0.2) is 17.8 Å². The Morgan fingerprint density at radius 2 is 2.12 bits per heavy atom. The van der Waals surface area contributed by atoms with E-state index in [2.05, 4.69) is 9.71 Å². The molecule has 132 valence electrons. The van der Waals surface area contributed by atoms with Crippen LogP contribution in [0.25, 0.3) is 0 Å². The molecule has 0 spiro atoms. The lowest BCUT2D eigenvalue weighted by Crippen LogP contribution is -2.41. The number of rotatable bonds is 3. The smallest absolute Gasteiger partial charge is 0.263 e. The molecule has 1 aromatic carbocycles. The van der Waals surface area contributed by atoms with Gasteiger partial charge < -0.3 is 9.64 Å². The number of ether oxygens (including phenoxy) is 1. The van der Waals surface area contributed by atoms with Crippen LogP contribution in [0.3, 0.4) is 0 Å². The Balaban J connectivity index is 1.96. The second-order valence-electron chi connectivity index (χ2n) is 5.65. The molecule has 7 nitrogen and oxygen atoms in total. The number of halogens is 1. The first-order chi connectivity index (χ1) is 11.8. The normalized spacial score (nSPS) is 16.8. The van der Waals surface area contributed by atoms with E-state index in [4.69, 9.17) is 4.74 Å². The SMILES string of the molecule is CC(=O)N1CC(C)Oc2ccc(S(=O)(=O)Nc3ccc(F)cn3)cc21. The number of nitrogens with one attached hydrogen (secondary N) is 1. The van der Waals surface area contributed by atoms with Gasteiger partial charge in [0, 0.05) is 6.92 Å². The third kappa shape index (κ3) is 3.55. The molecule has 0 radical (unpaired) electrons. The largest absolute Gasteiger partial charge is 0.487 e. The lowest BCUT2D eigenvalue weighted by atomic mass is 10.2. The molecule has 1 amide bonds. The predicted octanol–water partition coefficient (Wildman–Crippen LogP) is 2.16. The Bertz CT molecular complexity index is 915. The molecule has 0 aliphatic carbocycles. The third-order valence-corrected chi connectivity index (χ3v) is 5.00. The summed E-state index contributed by atoms with van der Waals surface area (Å²) in [5.74, 6) is -0.348. The van der Waals surface area contributed by atoms with Crippen molar-refractivity contribution in [1.29, 1.82) is 0 Å². The van der Waals surface area contributed by atoms with Crippen molar-refractivity contribution < 1.29 is 22.3 Å². The molecule has 0 fully saturated rings. The molecule has 1 N–H and O–H groups in total. The molecule has 0 saturated heterocycles. The van der Waals surface area contributed by atoms with E-state index >= 15 is 0 Å². The zero-order chi connectivity index (χ0) is 18.2. The highest BCUT2D eigenvalue weighted by atomic mass is 32.2. The molecule has 25 heavy (non-hydrogen) atoms. The van der Waals surface area contributed by atoms with Crippen LogP contribution in [-0.4, -0.2) is 32.0 Å². The highest BCUT2D eigenvalue weighted by Crippen LogP contribution is 2.35. The number of amides is 1. The average molecular weight is 365 g/mol. The van der Waals surface area contributed by atoms with Crippen LogP contribution in [0.2, 0.25) is 0 Å². The number of hydrogen-bond acceptors (Lipinski definition) is 5. The number of anilines is 2. The van der Waals surface area contributed by atoms with E-state index in [1.54, 1.807) is 0 Å². The Labute approximate surface area is 144 Å². The van der Waals surface area contributed by atoms with Gasteiger partial charge >= 0.3 is 0 Å². The lowest BCUT2D eigenvalue weighted by Gasteiger charge is -2.33. The van der Waals surface area contributed by atoms with Crippen molar-refractivity contribution in [2.75, 3.05) is 16.2 Å². The molecule has 0 bridgehead atoms. The molecule has 1 aromatic heterocycles. The van der Waals surface area contributed by atoms with E-state index in [1.165, 1.54) is 36.1 Å². The van der Waals surface area contributed by atoms with E-state index in [1.807, 2.05) is 6.92 Å². The Kier molecular flexibility index (Phi) is 4.34. The summed E-state index contributed by atoms with van der Waals surface area (Å²) in [6.07, 6.45) is 0.720. The van der Waals surface area contributed by atoms with Crippen molar-refractivity contribution in [1.82, 2.24) is 4.98 Å². The van der Waals surface area contributed by atoms with Crippen molar-refractivity contribution in [2.24, 2.45) is 0 Å². The molecule has 2 aromatic rings. The van der Waals surface area contributed by atoms with Gasteiger partial charge in [0.1, 0.15) is 23.5 Å². The minimum Gasteiger partial charge on any atom is -0.487 e. The number of benzene rings is 1. The van der Waals surface area contributed by atoms with E-state index in [-0.39, 0.29) is 22.7 Å². The second-order valence-corrected chi connectivity index (χ2v) is 7.34. The second kappa shape index (κ2) is 6.32. The summed E-state index contributed by atoms with van der Waals surface area (Å²) in [6.45, 7) is 3.56. The van der Waals surface area contributed by atoms with Crippen LogP contribution in [0.5, 0.6) is 5.75 Å². The summed E-state index contributed by atoms with van der Waals surface area (Å²) >= 11 is 0. The molecular formula is C16H16FN3O4S. The van der Waals surface area contributed by atoms with E-state index in [0.717, 1.165) is 12.3 Å². The molecule has 1 aliphatic heterocycles. The minimum atomic E-state index is -3.95. The summed E-state index contributed by atoms with van der Waals surface area (Å²) in [7, 11) is -3.95. The van der Waals surface area contributed by atoms with E-state index in [9.17, 15) is 17.6 Å². The molecule has 1 atom stereocenters. The fourth-order valence-electron chi connectivity index (χ4n) is 2.52. The first-order valence-electron chi connectivity index (χ1n) is 7.49. The maximum atomic E-state index is 12.9. The zero-order valence-electron chi connectivity index (χ0n) is 13.6.